The van der Waals surface area contributed by atoms with E-state index in [2.05, 4.69) is 0 Å². The van der Waals surface area contributed by atoms with E-state index in [1.54, 1.807) is 18.2 Å². The molecule has 0 atom stereocenters. The second-order valence-electron chi connectivity index (χ2n) is 10.8. The number of ether oxygens (including phenoxy) is 2. The number of carbonyl (C=O) groups is 2. The summed E-state index contributed by atoms with van der Waals surface area (Å²) in [6, 6.07) is 22.6. The van der Waals surface area contributed by atoms with Crippen molar-refractivity contribution in [1.82, 2.24) is 0 Å². The molecule has 0 bridgehead atoms. The number of fused-ring (bicyclic) bond motifs is 2. The molecule has 0 spiro atoms. The molecule has 1 aliphatic heterocycles. The normalized spacial score (nSPS) is 11.2. The van der Waals surface area contributed by atoms with Gasteiger partial charge in [-0.2, -0.15) is 0 Å². The van der Waals surface area contributed by atoms with Gasteiger partial charge in [-0.25, -0.2) is 4.79 Å². The highest BCUT2D eigenvalue weighted by molar-refractivity contribution is 6.18. The Hall–Kier alpha value is -4.66. The SMILES string of the molecule is CN(C)c1ccc2c(-c3ccc(C(=O)CCCOCCOc4ccc(CCCl)cc4)cc3C(=O)O)c3ccc(=O)cc-3oc2c1. The molecule has 0 aromatic heterocycles. The highest BCUT2D eigenvalue weighted by atomic mass is 35.5. The first-order valence-electron chi connectivity index (χ1n) is 14.7. The zero-order chi connectivity index (χ0) is 31.9. The van der Waals surface area contributed by atoms with E-state index in [-0.39, 0.29) is 23.2 Å². The van der Waals surface area contributed by atoms with Crippen LogP contribution in [-0.4, -0.2) is 56.7 Å². The van der Waals surface area contributed by atoms with Gasteiger partial charge in [-0.3, -0.25) is 9.59 Å². The highest BCUT2D eigenvalue weighted by Gasteiger charge is 2.23. The lowest BCUT2D eigenvalue weighted by Gasteiger charge is -2.19. The molecule has 1 aliphatic carbocycles. The van der Waals surface area contributed by atoms with Gasteiger partial charge in [0.05, 0.1) is 12.2 Å². The van der Waals surface area contributed by atoms with Crippen LogP contribution in [0.1, 0.15) is 39.1 Å². The van der Waals surface area contributed by atoms with Gasteiger partial charge in [0, 0.05) is 72.9 Å². The minimum atomic E-state index is -1.16. The summed E-state index contributed by atoms with van der Waals surface area (Å²) in [5.41, 5.74) is 4.28. The molecule has 0 radical (unpaired) electrons. The number of anilines is 1. The zero-order valence-corrected chi connectivity index (χ0v) is 25.9. The minimum Gasteiger partial charge on any atom is -0.491 e. The van der Waals surface area contributed by atoms with Crippen LogP contribution in [0.5, 0.6) is 5.75 Å². The number of rotatable bonds is 14. The van der Waals surface area contributed by atoms with Crippen molar-refractivity contribution in [1.29, 1.82) is 0 Å². The molecule has 0 fully saturated rings. The van der Waals surface area contributed by atoms with Gasteiger partial charge in [-0.05, 0) is 66.4 Å². The third-order valence-corrected chi connectivity index (χ3v) is 7.72. The maximum absolute atomic E-state index is 13.0. The van der Waals surface area contributed by atoms with Crippen molar-refractivity contribution in [2.75, 3.05) is 44.7 Å². The first-order chi connectivity index (χ1) is 21.7. The first kappa shape index (κ1) is 31.8. The van der Waals surface area contributed by atoms with Gasteiger partial charge in [0.25, 0.3) is 0 Å². The van der Waals surface area contributed by atoms with E-state index >= 15 is 0 Å². The predicted octanol–water partition coefficient (Wildman–Crippen LogP) is 7.17. The van der Waals surface area contributed by atoms with Crippen molar-refractivity contribution in [3.63, 3.8) is 0 Å². The van der Waals surface area contributed by atoms with Crippen LogP contribution >= 0.6 is 11.6 Å². The van der Waals surface area contributed by atoms with Gasteiger partial charge in [-0.1, -0.05) is 24.3 Å². The van der Waals surface area contributed by atoms with Crippen molar-refractivity contribution < 1.29 is 28.6 Å². The van der Waals surface area contributed by atoms with Gasteiger partial charge in [0.15, 0.2) is 11.2 Å². The summed E-state index contributed by atoms with van der Waals surface area (Å²) in [5.74, 6) is 0.340. The lowest BCUT2D eigenvalue weighted by Crippen LogP contribution is -2.10. The summed E-state index contributed by atoms with van der Waals surface area (Å²) in [7, 11) is 3.81. The van der Waals surface area contributed by atoms with Gasteiger partial charge >= 0.3 is 5.97 Å². The monoisotopic (exact) mass is 627 g/mol. The van der Waals surface area contributed by atoms with Gasteiger partial charge in [0.1, 0.15) is 23.7 Å². The number of benzene rings is 4. The molecule has 45 heavy (non-hydrogen) atoms. The van der Waals surface area contributed by atoms with E-state index in [9.17, 15) is 19.5 Å². The summed E-state index contributed by atoms with van der Waals surface area (Å²) in [6.07, 6.45) is 1.50. The first-order valence-corrected chi connectivity index (χ1v) is 15.2. The second-order valence-corrected chi connectivity index (χ2v) is 11.2. The Labute approximate surface area is 266 Å². The van der Waals surface area contributed by atoms with Crippen LogP contribution in [0, 0.1) is 0 Å². The van der Waals surface area contributed by atoms with Crippen molar-refractivity contribution in [3.05, 3.63) is 106 Å². The fourth-order valence-corrected chi connectivity index (χ4v) is 5.42. The highest BCUT2D eigenvalue weighted by Crippen LogP contribution is 2.42. The third kappa shape index (κ3) is 7.53. The maximum Gasteiger partial charge on any atom is 0.336 e. The van der Waals surface area contributed by atoms with Crippen LogP contribution in [-0.2, 0) is 11.2 Å². The molecule has 5 rings (SSSR count). The van der Waals surface area contributed by atoms with Gasteiger partial charge < -0.3 is 23.9 Å². The molecule has 3 aromatic rings. The molecule has 3 aromatic carbocycles. The molecule has 0 amide bonds. The molecule has 0 unspecified atom stereocenters. The van der Waals surface area contributed by atoms with E-state index in [0.29, 0.717) is 71.1 Å². The zero-order valence-electron chi connectivity index (χ0n) is 25.2. The summed E-state index contributed by atoms with van der Waals surface area (Å²) >= 11 is 5.77. The van der Waals surface area contributed by atoms with Crippen LogP contribution in [0.25, 0.3) is 33.4 Å². The van der Waals surface area contributed by atoms with Crippen molar-refractivity contribution in [2.24, 2.45) is 0 Å². The Morgan fingerprint density at radius 1 is 0.889 bits per heavy atom. The van der Waals surface area contributed by atoms with Gasteiger partial charge in [-0.15, -0.1) is 11.6 Å². The maximum atomic E-state index is 13.0. The number of carbonyl (C=O) groups excluding carboxylic acids is 1. The van der Waals surface area contributed by atoms with E-state index in [1.807, 2.05) is 61.5 Å². The number of halogens is 1. The quantitative estimate of drug-likeness (QED) is 0.0598. The molecular weight excluding hydrogens is 594 g/mol. The number of alkyl halides is 1. The molecule has 2 aliphatic rings. The number of ketones is 1. The summed E-state index contributed by atoms with van der Waals surface area (Å²) in [5, 5.41) is 10.9. The molecule has 9 heteroatoms. The summed E-state index contributed by atoms with van der Waals surface area (Å²) in [4.78, 5) is 39.7. The van der Waals surface area contributed by atoms with Crippen molar-refractivity contribution in [2.45, 2.75) is 19.3 Å². The average molecular weight is 628 g/mol. The topological polar surface area (TPSA) is 106 Å². The molecule has 232 valence electrons. The van der Waals surface area contributed by atoms with Crippen LogP contribution in [0.15, 0.2) is 88.1 Å². The number of hydrogen-bond donors (Lipinski definition) is 1. The molecule has 0 saturated carbocycles. The van der Waals surface area contributed by atoms with Crippen LogP contribution in [0.2, 0.25) is 0 Å². The Morgan fingerprint density at radius 2 is 1.67 bits per heavy atom. The van der Waals surface area contributed by atoms with Crippen LogP contribution in [0.3, 0.4) is 0 Å². The van der Waals surface area contributed by atoms with E-state index in [4.69, 9.17) is 25.5 Å². The predicted molar refractivity (Wildman–Crippen MR) is 177 cm³/mol. The lowest BCUT2D eigenvalue weighted by atomic mass is 9.89. The average Bonchev–Trinajstić information content (AvgIpc) is 3.03. The summed E-state index contributed by atoms with van der Waals surface area (Å²) in [6.45, 7) is 1.13. The third-order valence-electron chi connectivity index (χ3n) is 7.53. The molecule has 8 nitrogen and oxygen atoms in total. The van der Waals surface area contributed by atoms with Crippen molar-refractivity contribution in [3.8, 4) is 28.2 Å². The minimum absolute atomic E-state index is 0.0124. The van der Waals surface area contributed by atoms with Gasteiger partial charge in [0.2, 0.25) is 0 Å². The fraction of sp³-hybridized carbons (Fsp3) is 0.250. The smallest absolute Gasteiger partial charge is 0.336 e. The number of Topliss-reactive ketones (excluding diaryl/α,β-unsaturated/α-hetero) is 1. The summed E-state index contributed by atoms with van der Waals surface area (Å²) < 4.78 is 17.4. The Bertz CT molecular complexity index is 1850. The number of aromatic carboxylic acids is 1. The fourth-order valence-electron chi connectivity index (χ4n) is 5.20. The molecule has 1 N–H and O–H groups in total. The number of carboxylic acids is 1. The molecule has 1 heterocycles. The Balaban J connectivity index is 1.28. The number of aryl methyl sites for hydroxylation is 1. The standard InChI is InChI=1S/C36H34ClNO7/c1-38(2)25-8-13-29-33(21-25)45-34-22-26(39)9-14-30(34)35(29)28-12-7-24(20-31(28)36(41)42)32(40)4-3-17-43-18-19-44-27-10-5-23(6-11-27)15-16-37/h5-14,20-22H,3-4,15-19H2,1-2H3,(H,41,42). The lowest BCUT2D eigenvalue weighted by molar-refractivity contribution is 0.0697. The van der Waals surface area contributed by atoms with Crippen molar-refractivity contribution >= 4 is 40.0 Å². The Kier molecular flexibility index (Phi) is 10.2. The number of nitrogens with zero attached hydrogens (tertiary/aromatic N) is 1. The number of carboxylic acid groups (broad SMARTS) is 1. The molecule has 0 saturated heterocycles. The number of hydrogen-bond acceptors (Lipinski definition) is 7. The van der Waals surface area contributed by atoms with Crippen LogP contribution < -0.4 is 15.1 Å². The van der Waals surface area contributed by atoms with E-state index < -0.39 is 5.97 Å². The Morgan fingerprint density at radius 3 is 2.40 bits per heavy atom. The van der Waals surface area contributed by atoms with E-state index in [1.165, 1.54) is 18.2 Å². The second kappa shape index (κ2) is 14.4. The largest absolute Gasteiger partial charge is 0.491 e. The molecular formula is C36H34ClNO7. The van der Waals surface area contributed by atoms with Crippen LogP contribution in [0.4, 0.5) is 5.69 Å². The van der Waals surface area contributed by atoms with E-state index in [0.717, 1.165) is 23.4 Å².